The van der Waals surface area contributed by atoms with Gasteiger partial charge in [0.2, 0.25) is 0 Å². The molecular formula is C17H26FNO. The van der Waals surface area contributed by atoms with Crippen LogP contribution in [0.1, 0.15) is 55.7 Å². The lowest BCUT2D eigenvalue weighted by Gasteiger charge is -2.40. The van der Waals surface area contributed by atoms with Gasteiger partial charge in [0.05, 0.1) is 11.6 Å². The Balaban J connectivity index is 2.37. The summed E-state index contributed by atoms with van der Waals surface area (Å²) in [6.07, 6.45) is 7.09. The van der Waals surface area contributed by atoms with Crippen molar-refractivity contribution in [2.45, 2.75) is 57.1 Å². The van der Waals surface area contributed by atoms with E-state index in [1.807, 2.05) is 27.1 Å². The number of benzene rings is 1. The lowest BCUT2D eigenvalue weighted by Crippen LogP contribution is -2.44. The summed E-state index contributed by atoms with van der Waals surface area (Å²) >= 11 is 0. The van der Waals surface area contributed by atoms with Crippen molar-refractivity contribution in [2.24, 2.45) is 0 Å². The van der Waals surface area contributed by atoms with Gasteiger partial charge in [-0.3, -0.25) is 0 Å². The normalized spacial score (nSPS) is 20.4. The van der Waals surface area contributed by atoms with Gasteiger partial charge < -0.3 is 10.1 Å². The molecule has 2 nitrogen and oxygen atoms in total. The molecule has 3 heteroatoms. The van der Waals surface area contributed by atoms with Crippen molar-refractivity contribution < 1.29 is 9.13 Å². The summed E-state index contributed by atoms with van der Waals surface area (Å²) in [5.74, 6) is -0.173. The smallest absolute Gasteiger partial charge is 0.123 e. The molecule has 1 N–H and O–H groups in total. The van der Waals surface area contributed by atoms with Crippen molar-refractivity contribution in [1.82, 2.24) is 5.32 Å². The van der Waals surface area contributed by atoms with E-state index >= 15 is 0 Å². The van der Waals surface area contributed by atoms with Crippen LogP contribution in [0.15, 0.2) is 18.2 Å². The van der Waals surface area contributed by atoms with Crippen molar-refractivity contribution in [3.05, 3.63) is 35.1 Å². The van der Waals surface area contributed by atoms with Crippen LogP contribution in [-0.2, 0) is 4.74 Å². The van der Waals surface area contributed by atoms with Crippen LogP contribution in [0.25, 0.3) is 0 Å². The Hall–Kier alpha value is -0.930. The first-order valence-electron chi connectivity index (χ1n) is 7.61. The van der Waals surface area contributed by atoms with Gasteiger partial charge in [0.1, 0.15) is 5.82 Å². The fourth-order valence-electron chi connectivity index (χ4n) is 3.60. The maximum atomic E-state index is 13.3. The van der Waals surface area contributed by atoms with Gasteiger partial charge in [-0.15, -0.1) is 0 Å². The third kappa shape index (κ3) is 3.04. The molecule has 1 saturated carbocycles. The van der Waals surface area contributed by atoms with Crippen molar-refractivity contribution >= 4 is 0 Å². The van der Waals surface area contributed by atoms with Crippen LogP contribution in [0.2, 0.25) is 0 Å². The molecule has 1 fully saturated rings. The topological polar surface area (TPSA) is 21.3 Å². The number of hydrogen-bond donors (Lipinski definition) is 1. The fourth-order valence-corrected chi connectivity index (χ4v) is 3.60. The van der Waals surface area contributed by atoms with Crippen molar-refractivity contribution in [3.63, 3.8) is 0 Å². The number of rotatable bonds is 4. The Morgan fingerprint density at radius 3 is 2.35 bits per heavy atom. The first kappa shape index (κ1) is 15.5. The minimum atomic E-state index is -0.173. The van der Waals surface area contributed by atoms with Crippen molar-refractivity contribution in [2.75, 3.05) is 14.2 Å². The zero-order valence-electron chi connectivity index (χ0n) is 12.8. The van der Waals surface area contributed by atoms with Crippen LogP contribution in [-0.4, -0.2) is 19.8 Å². The third-order valence-electron chi connectivity index (χ3n) is 4.71. The zero-order valence-corrected chi connectivity index (χ0v) is 12.8. The Kier molecular flexibility index (Phi) is 5.17. The molecule has 2 rings (SSSR count). The summed E-state index contributed by atoms with van der Waals surface area (Å²) in [6, 6.07) is 5.18. The summed E-state index contributed by atoms with van der Waals surface area (Å²) in [4.78, 5) is 0. The maximum absolute atomic E-state index is 13.3. The van der Waals surface area contributed by atoms with Gasteiger partial charge in [0.15, 0.2) is 0 Å². The zero-order chi connectivity index (χ0) is 14.6. The van der Waals surface area contributed by atoms with E-state index in [1.165, 1.54) is 25.7 Å². The van der Waals surface area contributed by atoms with E-state index in [-0.39, 0.29) is 17.5 Å². The fraction of sp³-hybridized carbons (Fsp3) is 0.647. The van der Waals surface area contributed by atoms with E-state index in [0.717, 1.165) is 24.0 Å². The Labute approximate surface area is 121 Å². The quantitative estimate of drug-likeness (QED) is 0.837. The molecule has 20 heavy (non-hydrogen) atoms. The van der Waals surface area contributed by atoms with E-state index in [1.54, 1.807) is 12.1 Å². The summed E-state index contributed by atoms with van der Waals surface area (Å²) in [5, 5.41) is 3.42. The molecule has 112 valence electrons. The van der Waals surface area contributed by atoms with Gasteiger partial charge >= 0.3 is 0 Å². The molecule has 0 aromatic heterocycles. The molecule has 0 aliphatic heterocycles. The number of likely N-dealkylation sites (N-methyl/N-ethyl adjacent to an activating group) is 1. The monoisotopic (exact) mass is 279 g/mol. The minimum Gasteiger partial charge on any atom is -0.376 e. The highest BCUT2D eigenvalue weighted by atomic mass is 19.1. The summed E-state index contributed by atoms with van der Waals surface area (Å²) in [5.41, 5.74) is 1.97. The van der Waals surface area contributed by atoms with E-state index in [9.17, 15) is 4.39 Å². The number of methoxy groups -OCH3 is 1. The van der Waals surface area contributed by atoms with Gasteiger partial charge in [-0.2, -0.15) is 0 Å². The van der Waals surface area contributed by atoms with Gasteiger partial charge in [-0.25, -0.2) is 4.39 Å². The summed E-state index contributed by atoms with van der Waals surface area (Å²) in [7, 11) is 3.79. The summed E-state index contributed by atoms with van der Waals surface area (Å²) in [6.45, 7) is 1.98. The molecule has 1 atom stereocenters. The Morgan fingerprint density at radius 2 is 1.85 bits per heavy atom. The second-order valence-corrected chi connectivity index (χ2v) is 5.91. The molecule has 0 radical (unpaired) electrons. The molecule has 1 aliphatic carbocycles. The first-order chi connectivity index (χ1) is 9.63. The predicted molar refractivity (Wildman–Crippen MR) is 80.4 cm³/mol. The van der Waals surface area contributed by atoms with Crippen LogP contribution in [0.5, 0.6) is 0 Å². The second kappa shape index (κ2) is 6.68. The Bertz CT molecular complexity index is 439. The average Bonchev–Trinajstić information content (AvgIpc) is 2.68. The SMILES string of the molecule is CNC(c1ccc(F)cc1C)C1(OC)CCCCCC1. The van der Waals surface area contributed by atoms with Gasteiger partial charge in [-0.1, -0.05) is 31.7 Å². The number of nitrogens with one attached hydrogen (secondary N) is 1. The molecular weight excluding hydrogens is 253 g/mol. The number of aryl methyl sites for hydroxylation is 1. The Morgan fingerprint density at radius 1 is 1.20 bits per heavy atom. The molecule has 0 saturated heterocycles. The van der Waals surface area contributed by atoms with Crippen LogP contribution >= 0.6 is 0 Å². The lowest BCUT2D eigenvalue weighted by atomic mass is 9.81. The van der Waals surface area contributed by atoms with Crippen LogP contribution in [0, 0.1) is 12.7 Å². The number of halogens is 1. The highest BCUT2D eigenvalue weighted by Gasteiger charge is 2.39. The molecule has 0 heterocycles. The highest BCUT2D eigenvalue weighted by Crippen LogP contribution is 2.40. The predicted octanol–water partition coefficient (Wildman–Crippen LogP) is 4.13. The van der Waals surface area contributed by atoms with Crippen LogP contribution in [0.4, 0.5) is 4.39 Å². The third-order valence-corrected chi connectivity index (χ3v) is 4.71. The maximum Gasteiger partial charge on any atom is 0.123 e. The lowest BCUT2D eigenvalue weighted by molar-refractivity contribution is -0.0524. The number of ether oxygens (including phenoxy) is 1. The average molecular weight is 279 g/mol. The van der Waals surface area contributed by atoms with Gasteiger partial charge in [0.25, 0.3) is 0 Å². The highest BCUT2D eigenvalue weighted by molar-refractivity contribution is 5.32. The van der Waals surface area contributed by atoms with E-state index in [2.05, 4.69) is 5.32 Å². The number of hydrogen-bond acceptors (Lipinski definition) is 2. The van der Waals surface area contributed by atoms with E-state index < -0.39 is 0 Å². The van der Waals surface area contributed by atoms with Gasteiger partial charge in [-0.05, 0) is 50.1 Å². The van der Waals surface area contributed by atoms with Crippen molar-refractivity contribution in [1.29, 1.82) is 0 Å². The standard InChI is InChI=1S/C17H26FNO/c1-13-12-14(18)8-9-15(13)16(19-2)17(20-3)10-6-4-5-7-11-17/h8-9,12,16,19H,4-7,10-11H2,1-3H3. The minimum absolute atomic E-state index is 0.117. The molecule has 0 bridgehead atoms. The largest absolute Gasteiger partial charge is 0.376 e. The molecule has 0 amide bonds. The molecule has 1 unspecified atom stereocenters. The van der Waals surface area contributed by atoms with E-state index in [4.69, 9.17) is 4.74 Å². The van der Waals surface area contributed by atoms with Crippen molar-refractivity contribution in [3.8, 4) is 0 Å². The first-order valence-corrected chi connectivity index (χ1v) is 7.61. The molecule has 0 spiro atoms. The van der Waals surface area contributed by atoms with Crippen LogP contribution < -0.4 is 5.32 Å². The van der Waals surface area contributed by atoms with E-state index in [0.29, 0.717) is 0 Å². The molecule has 1 aromatic carbocycles. The van der Waals surface area contributed by atoms with Crippen LogP contribution in [0.3, 0.4) is 0 Å². The molecule has 1 aromatic rings. The summed E-state index contributed by atoms with van der Waals surface area (Å²) < 4.78 is 19.3. The van der Waals surface area contributed by atoms with Gasteiger partial charge in [0, 0.05) is 7.11 Å². The molecule has 1 aliphatic rings. The second-order valence-electron chi connectivity index (χ2n) is 5.91.